The lowest BCUT2D eigenvalue weighted by Crippen LogP contribution is -2.23. The summed E-state index contributed by atoms with van der Waals surface area (Å²) in [6.45, 7) is 6.77. The number of hydrogen-bond acceptors (Lipinski definition) is 3. The van der Waals surface area contributed by atoms with Crippen molar-refractivity contribution in [3.63, 3.8) is 0 Å². The van der Waals surface area contributed by atoms with Crippen LogP contribution in [0.3, 0.4) is 0 Å². The Bertz CT molecular complexity index is 361. The van der Waals surface area contributed by atoms with Gasteiger partial charge in [-0.1, -0.05) is 25.4 Å². The molecule has 5 heteroatoms. The van der Waals surface area contributed by atoms with Gasteiger partial charge < -0.3 is 9.84 Å². The molecule has 4 nitrogen and oxygen atoms in total. The van der Waals surface area contributed by atoms with E-state index < -0.39 is 0 Å². The largest absolute Gasteiger partial charge is 0.396 e. The average Bonchev–Trinajstić information content (AvgIpc) is 2.44. The first kappa shape index (κ1) is 13.5. The van der Waals surface area contributed by atoms with Gasteiger partial charge in [-0.15, -0.1) is 0 Å². The second-order valence-electron chi connectivity index (χ2n) is 4.78. The fourth-order valence-corrected chi connectivity index (χ4v) is 1.52. The molecule has 0 spiro atoms. The molecule has 1 heterocycles. The first-order valence-electron chi connectivity index (χ1n) is 5.24. The average molecular weight is 247 g/mol. The highest BCUT2D eigenvalue weighted by Gasteiger charge is 2.18. The van der Waals surface area contributed by atoms with Gasteiger partial charge >= 0.3 is 0 Å². The summed E-state index contributed by atoms with van der Waals surface area (Å²) in [5, 5.41) is 13.9. The number of ether oxygens (including phenoxy) is 1. The molecule has 92 valence electrons. The van der Waals surface area contributed by atoms with Crippen molar-refractivity contribution < 1.29 is 9.84 Å². The second kappa shape index (κ2) is 5.17. The van der Waals surface area contributed by atoms with Gasteiger partial charge in [0, 0.05) is 12.5 Å². The van der Waals surface area contributed by atoms with Crippen LogP contribution in [-0.4, -0.2) is 28.1 Å². The van der Waals surface area contributed by atoms with E-state index in [9.17, 15) is 0 Å². The van der Waals surface area contributed by atoms with Gasteiger partial charge in [0.05, 0.1) is 36.2 Å². The molecule has 1 aromatic rings. The van der Waals surface area contributed by atoms with Crippen LogP contribution in [0.5, 0.6) is 0 Å². The number of aliphatic hydroxyl groups is 1. The summed E-state index contributed by atoms with van der Waals surface area (Å²) < 4.78 is 7.27. The maximum Gasteiger partial charge on any atom is 0.0900 e. The van der Waals surface area contributed by atoms with Gasteiger partial charge in [-0.3, -0.25) is 4.68 Å². The zero-order chi connectivity index (χ0) is 12.3. The highest BCUT2D eigenvalue weighted by atomic mass is 35.5. The maximum atomic E-state index is 9.08. The zero-order valence-corrected chi connectivity index (χ0v) is 11.0. The van der Waals surface area contributed by atoms with E-state index in [2.05, 4.69) is 5.10 Å². The topological polar surface area (TPSA) is 47.3 Å². The molecule has 1 rings (SSSR count). The Hall–Kier alpha value is -0.580. The standard InChI is InChI=1S/C11H19ClN2O2/c1-8-10(12)9(14(4)13-8)5-16-7-11(2,3)6-15/h15H,5-7H2,1-4H3. The Morgan fingerprint density at radius 3 is 2.56 bits per heavy atom. The van der Waals surface area contributed by atoms with E-state index in [1.54, 1.807) is 4.68 Å². The third-order valence-electron chi connectivity index (χ3n) is 2.42. The highest BCUT2D eigenvalue weighted by Crippen LogP contribution is 2.21. The van der Waals surface area contributed by atoms with Gasteiger partial charge in [-0.05, 0) is 6.92 Å². The van der Waals surface area contributed by atoms with Gasteiger partial charge in [0.15, 0.2) is 0 Å². The van der Waals surface area contributed by atoms with Crippen molar-refractivity contribution in [3.8, 4) is 0 Å². The highest BCUT2D eigenvalue weighted by molar-refractivity contribution is 6.31. The minimum Gasteiger partial charge on any atom is -0.396 e. The van der Waals surface area contributed by atoms with Crippen LogP contribution in [0.2, 0.25) is 5.02 Å². The summed E-state index contributed by atoms with van der Waals surface area (Å²) in [6.07, 6.45) is 0. The molecule has 16 heavy (non-hydrogen) atoms. The van der Waals surface area contributed by atoms with Gasteiger partial charge in [0.1, 0.15) is 0 Å². The summed E-state index contributed by atoms with van der Waals surface area (Å²) in [4.78, 5) is 0. The van der Waals surface area contributed by atoms with Crippen LogP contribution in [-0.2, 0) is 18.4 Å². The molecule has 0 atom stereocenters. The molecular formula is C11H19ClN2O2. The summed E-state index contributed by atoms with van der Waals surface area (Å²) in [6, 6.07) is 0. The molecule has 0 bridgehead atoms. The molecule has 0 fully saturated rings. The first-order chi connectivity index (χ1) is 7.37. The molecule has 1 N–H and O–H groups in total. The Labute approximate surface area is 101 Å². The molecular weight excluding hydrogens is 228 g/mol. The molecule has 0 aliphatic carbocycles. The number of aryl methyl sites for hydroxylation is 2. The number of aliphatic hydroxyl groups excluding tert-OH is 1. The van der Waals surface area contributed by atoms with Crippen LogP contribution in [0.25, 0.3) is 0 Å². The molecule has 0 amide bonds. The predicted molar refractivity (Wildman–Crippen MR) is 63.5 cm³/mol. The van der Waals surface area contributed by atoms with Gasteiger partial charge in [-0.2, -0.15) is 5.10 Å². The van der Waals surface area contributed by atoms with Crippen molar-refractivity contribution in [3.05, 3.63) is 16.4 Å². The molecule has 0 aromatic carbocycles. The van der Waals surface area contributed by atoms with Crippen LogP contribution in [0, 0.1) is 12.3 Å². The van der Waals surface area contributed by atoms with E-state index >= 15 is 0 Å². The van der Waals surface area contributed by atoms with E-state index in [0.717, 1.165) is 11.4 Å². The lowest BCUT2D eigenvalue weighted by molar-refractivity contribution is 0.0176. The molecule has 0 saturated carbocycles. The van der Waals surface area contributed by atoms with E-state index in [4.69, 9.17) is 21.4 Å². The fraction of sp³-hybridized carbons (Fsp3) is 0.727. The van der Waals surface area contributed by atoms with Gasteiger partial charge in [0.2, 0.25) is 0 Å². The Kier molecular flexibility index (Phi) is 4.35. The second-order valence-corrected chi connectivity index (χ2v) is 5.16. The van der Waals surface area contributed by atoms with Crippen molar-refractivity contribution >= 4 is 11.6 Å². The minimum atomic E-state index is -0.222. The van der Waals surface area contributed by atoms with Crippen LogP contribution in [0.4, 0.5) is 0 Å². The van der Waals surface area contributed by atoms with Crippen molar-refractivity contribution in [1.82, 2.24) is 9.78 Å². The Morgan fingerprint density at radius 2 is 2.12 bits per heavy atom. The molecule has 0 aliphatic heterocycles. The number of nitrogens with zero attached hydrogens (tertiary/aromatic N) is 2. The zero-order valence-electron chi connectivity index (χ0n) is 10.2. The summed E-state index contributed by atoms with van der Waals surface area (Å²) in [5.74, 6) is 0. The van der Waals surface area contributed by atoms with Gasteiger partial charge in [-0.25, -0.2) is 0 Å². The van der Waals surface area contributed by atoms with E-state index in [0.29, 0.717) is 18.2 Å². The Morgan fingerprint density at radius 1 is 1.50 bits per heavy atom. The van der Waals surface area contributed by atoms with Crippen LogP contribution < -0.4 is 0 Å². The van der Waals surface area contributed by atoms with Gasteiger partial charge in [0.25, 0.3) is 0 Å². The molecule has 0 radical (unpaired) electrons. The lowest BCUT2D eigenvalue weighted by atomic mass is 9.97. The third kappa shape index (κ3) is 3.20. The summed E-state index contributed by atoms with van der Waals surface area (Å²) in [7, 11) is 1.84. The first-order valence-corrected chi connectivity index (χ1v) is 5.62. The molecule has 0 aliphatic rings. The Balaban J connectivity index is 2.55. The maximum absolute atomic E-state index is 9.08. The number of aromatic nitrogens is 2. The van der Waals surface area contributed by atoms with Crippen molar-refractivity contribution in [2.75, 3.05) is 13.2 Å². The minimum absolute atomic E-state index is 0.102. The number of halogens is 1. The SMILES string of the molecule is Cc1nn(C)c(COCC(C)(C)CO)c1Cl. The molecule has 0 unspecified atom stereocenters. The van der Waals surface area contributed by atoms with Crippen LogP contribution >= 0.6 is 11.6 Å². The summed E-state index contributed by atoms with van der Waals surface area (Å²) in [5.41, 5.74) is 1.46. The van der Waals surface area contributed by atoms with E-state index in [-0.39, 0.29) is 12.0 Å². The normalized spacial score (nSPS) is 12.1. The van der Waals surface area contributed by atoms with Crippen molar-refractivity contribution in [1.29, 1.82) is 0 Å². The molecule has 0 saturated heterocycles. The van der Waals surface area contributed by atoms with Crippen LogP contribution in [0.1, 0.15) is 25.2 Å². The number of rotatable bonds is 5. The van der Waals surface area contributed by atoms with E-state index in [1.807, 2.05) is 27.8 Å². The smallest absolute Gasteiger partial charge is 0.0900 e. The third-order valence-corrected chi connectivity index (χ3v) is 2.91. The monoisotopic (exact) mass is 246 g/mol. The van der Waals surface area contributed by atoms with Crippen molar-refractivity contribution in [2.45, 2.75) is 27.4 Å². The quantitative estimate of drug-likeness (QED) is 0.864. The number of hydrogen-bond donors (Lipinski definition) is 1. The summed E-state index contributed by atoms with van der Waals surface area (Å²) >= 11 is 6.09. The lowest BCUT2D eigenvalue weighted by Gasteiger charge is -2.21. The van der Waals surface area contributed by atoms with Crippen LogP contribution in [0.15, 0.2) is 0 Å². The van der Waals surface area contributed by atoms with Crippen molar-refractivity contribution in [2.24, 2.45) is 12.5 Å². The fourth-order valence-electron chi connectivity index (χ4n) is 1.31. The molecule has 1 aromatic heterocycles. The van der Waals surface area contributed by atoms with E-state index in [1.165, 1.54) is 0 Å². The predicted octanol–water partition coefficient (Wildman–Crippen LogP) is 1.92.